The third kappa shape index (κ3) is 4.14. The number of nitrogens with zero attached hydrogens (tertiary/aromatic N) is 1. The van der Waals surface area contributed by atoms with Gasteiger partial charge in [0.05, 0.1) is 0 Å². The Morgan fingerprint density at radius 2 is 2.31 bits per heavy atom. The zero-order chi connectivity index (χ0) is 9.68. The van der Waals surface area contributed by atoms with E-state index in [0.29, 0.717) is 0 Å². The molecule has 0 atom stereocenters. The lowest BCUT2D eigenvalue weighted by Crippen LogP contribution is -1.90. The van der Waals surface area contributed by atoms with Crippen LogP contribution in [0.1, 0.15) is 30.7 Å². The highest BCUT2D eigenvalue weighted by Gasteiger charge is 2.01. The molecule has 1 nitrogen and oxygen atoms in total. The maximum atomic E-state index is 4.38. The van der Waals surface area contributed by atoms with Crippen LogP contribution in [0.15, 0.2) is 6.20 Å². The van der Waals surface area contributed by atoms with Crippen molar-refractivity contribution in [3.05, 3.63) is 16.1 Å². The summed E-state index contributed by atoms with van der Waals surface area (Å²) in [5.41, 5.74) is 0. The summed E-state index contributed by atoms with van der Waals surface area (Å²) in [5, 5.41) is 1.28. The summed E-state index contributed by atoms with van der Waals surface area (Å²) in [6, 6.07) is 0. The summed E-state index contributed by atoms with van der Waals surface area (Å²) in [6.45, 7) is 6.69. The average Bonchev–Trinajstić information content (AvgIpc) is 2.52. The van der Waals surface area contributed by atoms with Gasteiger partial charge >= 0.3 is 0 Å². The summed E-state index contributed by atoms with van der Waals surface area (Å²) in [4.78, 5) is 5.78. The third-order valence-corrected chi connectivity index (χ3v) is 4.33. The van der Waals surface area contributed by atoms with Crippen molar-refractivity contribution in [2.24, 2.45) is 5.92 Å². The van der Waals surface area contributed by atoms with Crippen molar-refractivity contribution in [1.82, 2.24) is 4.98 Å². The highest BCUT2D eigenvalue weighted by Crippen LogP contribution is 2.20. The Balaban J connectivity index is 2.28. The smallest absolute Gasteiger partial charge is 0.103 e. The molecule has 0 spiro atoms. The lowest BCUT2D eigenvalue weighted by molar-refractivity contribution is 0.750. The molecule has 0 amide bonds. The molecule has 1 aromatic rings. The van der Waals surface area contributed by atoms with E-state index in [2.05, 4.69) is 25.8 Å². The topological polar surface area (TPSA) is 12.9 Å². The normalized spacial score (nSPS) is 11.1. The zero-order valence-electron chi connectivity index (χ0n) is 8.54. The predicted molar refractivity (Wildman–Crippen MR) is 62.5 cm³/mol. The average molecular weight is 215 g/mol. The van der Waals surface area contributed by atoms with Crippen LogP contribution < -0.4 is 0 Å². The minimum Gasteiger partial charge on any atom is -0.249 e. The van der Waals surface area contributed by atoms with Crippen molar-refractivity contribution in [1.29, 1.82) is 0 Å². The summed E-state index contributed by atoms with van der Waals surface area (Å²) in [5.74, 6) is 3.11. The molecule has 0 bridgehead atoms. The van der Waals surface area contributed by atoms with Gasteiger partial charge in [-0.1, -0.05) is 20.8 Å². The van der Waals surface area contributed by atoms with E-state index in [1.54, 1.807) is 0 Å². The van der Waals surface area contributed by atoms with Gasteiger partial charge in [0, 0.05) is 16.8 Å². The monoisotopic (exact) mass is 215 g/mol. The van der Waals surface area contributed by atoms with Crippen LogP contribution in [0.2, 0.25) is 0 Å². The van der Waals surface area contributed by atoms with E-state index < -0.39 is 0 Å². The first-order chi connectivity index (χ1) is 6.22. The van der Waals surface area contributed by atoms with E-state index in [1.165, 1.54) is 15.6 Å². The Labute approximate surface area is 89.0 Å². The van der Waals surface area contributed by atoms with Crippen molar-refractivity contribution in [3.8, 4) is 0 Å². The first kappa shape index (κ1) is 11.1. The Hall–Kier alpha value is -0.0200. The maximum absolute atomic E-state index is 4.38. The molecule has 0 aliphatic rings. The van der Waals surface area contributed by atoms with Crippen LogP contribution in [0.4, 0.5) is 0 Å². The Kier molecular flexibility index (Phi) is 4.81. The molecule has 0 aliphatic carbocycles. The second-order valence-corrected chi connectivity index (χ2v) is 5.71. The lowest BCUT2D eigenvalue weighted by atomic mass is 10.3. The number of aromatic nitrogens is 1. The number of thioether (sulfide) groups is 1. The molecule has 0 radical (unpaired) electrons. The minimum atomic E-state index is 0.788. The first-order valence-corrected chi connectivity index (χ1v) is 6.70. The predicted octanol–water partition coefficient (Wildman–Crippen LogP) is 3.59. The second-order valence-electron chi connectivity index (χ2n) is 3.48. The highest BCUT2D eigenvalue weighted by molar-refractivity contribution is 7.98. The fourth-order valence-electron chi connectivity index (χ4n) is 0.960. The van der Waals surface area contributed by atoms with Crippen LogP contribution >= 0.6 is 23.1 Å². The summed E-state index contributed by atoms with van der Waals surface area (Å²) < 4.78 is 0. The number of rotatable bonds is 5. The van der Waals surface area contributed by atoms with Crippen LogP contribution in [0.5, 0.6) is 0 Å². The fraction of sp³-hybridized carbons (Fsp3) is 0.700. The van der Waals surface area contributed by atoms with E-state index in [9.17, 15) is 0 Å². The van der Waals surface area contributed by atoms with Gasteiger partial charge in [0.25, 0.3) is 0 Å². The molecule has 0 aromatic carbocycles. The summed E-state index contributed by atoms with van der Waals surface area (Å²) in [7, 11) is 0. The van der Waals surface area contributed by atoms with Crippen molar-refractivity contribution < 1.29 is 0 Å². The fourth-order valence-corrected chi connectivity index (χ4v) is 2.94. The van der Waals surface area contributed by atoms with E-state index in [4.69, 9.17) is 0 Å². The minimum absolute atomic E-state index is 0.788. The molecule has 13 heavy (non-hydrogen) atoms. The molecule has 3 heteroatoms. The van der Waals surface area contributed by atoms with Gasteiger partial charge in [0.15, 0.2) is 0 Å². The summed E-state index contributed by atoms with van der Waals surface area (Å²) >= 11 is 3.84. The van der Waals surface area contributed by atoms with Crippen molar-refractivity contribution in [2.45, 2.75) is 32.9 Å². The number of hydrogen-bond donors (Lipinski definition) is 0. The van der Waals surface area contributed by atoms with Gasteiger partial charge in [-0.2, -0.15) is 11.8 Å². The van der Waals surface area contributed by atoms with Gasteiger partial charge in [-0.3, -0.25) is 0 Å². The van der Waals surface area contributed by atoms with E-state index in [0.717, 1.165) is 18.1 Å². The Morgan fingerprint density at radius 1 is 1.54 bits per heavy atom. The van der Waals surface area contributed by atoms with Crippen LogP contribution in [0.25, 0.3) is 0 Å². The first-order valence-electron chi connectivity index (χ1n) is 4.73. The number of aryl methyl sites for hydroxylation is 1. The standard InChI is InChI=1S/C10H17NS2/c1-4-9-5-11-10(13-9)7-12-6-8(2)3/h5,8H,4,6-7H2,1-3H3. The zero-order valence-corrected chi connectivity index (χ0v) is 10.2. The molecule has 74 valence electrons. The SMILES string of the molecule is CCc1cnc(CSCC(C)C)s1. The third-order valence-electron chi connectivity index (χ3n) is 1.63. The van der Waals surface area contributed by atoms with Gasteiger partial charge < -0.3 is 0 Å². The molecular weight excluding hydrogens is 198 g/mol. The molecule has 0 aliphatic heterocycles. The van der Waals surface area contributed by atoms with E-state index in [1.807, 2.05) is 29.3 Å². The van der Waals surface area contributed by atoms with Gasteiger partial charge in [-0.05, 0) is 18.1 Å². The molecule has 0 fully saturated rings. The largest absolute Gasteiger partial charge is 0.249 e. The molecule has 1 rings (SSSR count). The van der Waals surface area contributed by atoms with Crippen LogP contribution in [-0.2, 0) is 12.2 Å². The van der Waals surface area contributed by atoms with Crippen LogP contribution in [-0.4, -0.2) is 10.7 Å². The van der Waals surface area contributed by atoms with Crippen molar-refractivity contribution in [2.75, 3.05) is 5.75 Å². The summed E-state index contributed by atoms with van der Waals surface area (Å²) in [6.07, 6.45) is 3.13. The van der Waals surface area contributed by atoms with Crippen LogP contribution in [0.3, 0.4) is 0 Å². The van der Waals surface area contributed by atoms with Crippen molar-refractivity contribution >= 4 is 23.1 Å². The van der Waals surface area contributed by atoms with Gasteiger partial charge in [0.2, 0.25) is 0 Å². The second kappa shape index (κ2) is 5.66. The van der Waals surface area contributed by atoms with E-state index in [-0.39, 0.29) is 0 Å². The molecule has 1 aromatic heterocycles. The highest BCUT2D eigenvalue weighted by atomic mass is 32.2. The maximum Gasteiger partial charge on any atom is 0.103 e. The van der Waals surface area contributed by atoms with E-state index >= 15 is 0 Å². The van der Waals surface area contributed by atoms with Crippen LogP contribution in [0, 0.1) is 5.92 Å². The molecule has 1 heterocycles. The number of hydrogen-bond acceptors (Lipinski definition) is 3. The quantitative estimate of drug-likeness (QED) is 0.744. The van der Waals surface area contributed by atoms with Crippen molar-refractivity contribution in [3.63, 3.8) is 0 Å². The molecule has 0 unspecified atom stereocenters. The molecule has 0 N–H and O–H groups in total. The van der Waals surface area contributed by atoms with Gasteiger partial charge in [-0.25, -0.2) is 4.98 Å². The number of thiazole rings is 1. The van der Waals surface area contributed by atoms with Gasteiger partial charge in [-0.15, -0.1) is 11.3 Å². The molecule has 0 saturated carbocycles. The lowest BCUT2D eigenvalue weighted by Gasteiger charge is -2.01. The molecule has 0 saturated heterocycles. The Bertz CT molecular complexity index is 243. The Morgan fingerprint density at radius 3 is 2.85 bits per heavy atom. The van der Waals surface area contributed by atoms with Gasteiger partial charge in [0.1, 0.15) is 5.01 Å². The molecular formula is C10H17NS2.